The quantitative estimate of drug-likeness (QED) is 0.792. The third-order valence-corrected chi connectivity index (χ3v) is 3.03. The molecule has 6 heteroatoms. The molecule has 0 aliphatic rings. The molecular formula is C14H13N3O3. The molecule has 0 saturated carbocycles. The zero-order chi connectivity index (χ0) is 14.3. The Hall–Kier alpha value is -2.63. The van der Waals surface area contributed by atoms with E-state index < -0.39 is 5.97 Å². The van der Waals surface area contributed by atoms with Gasteiger partial charge < -0.3 is 9.52 Å². The van der Waals surface area contributed by atoms with Crippen LogP contribution in [0.5, 0.6) is 0 Å². The first-order chi connectivity index (χ1) is 9.56. The molecule has 0 saturated heterocycles. The predicted molar refractivity (Wildman–Crippen MR) is 71.7 cm³/mol. The fourth-order valence-electron chi connectivity index (χ4n) is 1.98. The molecule has 3 heterocycles. The number of carboxylic acids is 1. The number of carbonyl (C=O) groups is 1. The van der Waals surface area contributed by atoms with Crippen molar-refractivity contribution in [3.05, 3.63) is 41.9 Å². The molecule has 102 valence electrons. The molecule has 0 aliphatic heterocycles. The van der Waals surface area contributed by atoms with Gasteiger partial charge in [0.2, 0.25) is 0 Å². The molecule has 0 spiro atoms. The van der Waals surface area contributed by atoms with E-state index in [1.165, 1.54) is 16.8 Å². The summed E-state index contributed by atoms with van der Waals surface area (Å²) in [5.74, 6) is -0.323. The summed E-state index contributed by atoms with van der Waals surface area (Å²) in [5, 5.41) is 13.6. The summed E-state index contributed by atoms with van der Waals surface area (Å²) in [4.78, 5) is 15.8. The van der Waals surface area contributed by atoms with Gasteiger partial charge >= 0.3 is 5.97 Å². The minimum Gasteiger partial charge on any atom is -0.477 e. The summed E-state index contributed by atoms with van der Waals surface area (Å²) in [6.45, 7) is 3.99. The largest absolute Gasteiger partial charge is 0.477 e. The standard InChI is InChI=1S/C14H13N3O3/c1-8(2)9-7-13-15-10(12-4-3-5-20-12)6-11(14(18)19)17(13)16-9/h3-8H,1-2H3,(H,18,19). The van der Waals surface area contributed by atoms with Crippen LogP contribution in [0.15, 0.2) is 34.9 Å². The Balaban J connectivity index is 2.28. The van der Waals surface area contributed by atoms with E-state index in [0.29, 0.717) is 17.1 Å². The van der Waals surface area contributed by atoms with Gasteiger partial charge in [-0.15, -0.1) is 0 Å². The van der Waals surface area contributed by atoms with Crippen LogP contribution in [0, 0.1) is 0 Å². The summed E-state index contributed by atoms with van der Waals surface area (Å²) >= 11 is 0. The number of rotatable bonds is 3. The van der Waals surface area contributed by atoms with Crippen LogP contribution in [0.25, 0.3) is 17.1 Å². The zero-order valence-electron chi connectivity index (χ0n) is 11.1. The highest BCUT2D eigenvalue weighted by Crippen LogP contribution is 2.22. The fraction of sp³-hybridized carbons (Fsp3) is 0.214. The number of hydrogen-bond donors (Lipinski definition) is 1. The lowest BCUT2D eigenvalue weighted by Crippen LogP contribution is -2.08. The Bertz CT molecular complexity index is 772. The molecule has 3 aromatic rings. The number of aromatic carboxylic acids is 1. The van der Waals surface area contributed by atoms with E-state index in [2.05, 4.69) is 10.1 Å². The van der Waals surface area contributed by atoms with E-state index in [1.807, 2.05) is 13.8 Å². The second kappa shape index (κ2) is 4.48. The minimum atomic E-state index is -1.05. The van der Waals surface area contributed by atoms with Crippen molar-refractivity contribution in [2.75, 3.05) is 0 Å². The highest BCUT2D eigenvalue weighted by atomic mass is 16.4. The van der Waals surface area contributed by atoms with Crippen molar-refractivity contribution < 1.29 is 14.3 Å². The van der Waals surface area contributed by atoms with Crippen molar-refractivity contribution in [3.8, 4) is 11.5 Å². The van der Waals surface area contributed by atoms with Gasteiger partial charge in [-0.05, 0) is 18.1 Å². The average molecular weight is 271 g/mol. The molecule has 0 amide bonds. The molecule has 0 radical (unpaired) electrons. The normalized spacial score (nSPS) is 11.3. The van der Waals surface area contributed by atoms with Gasteiger partial charge in [-0.25, -0.2) is 14.3 Å². The molecular weight excluding hydrogens is 258 g/mol. The highest BCUT2D eigenvalue weighted by Gasteiger charge is 2.17. The van der Waals surface area contributed by atoms with Gasteiger partial charge in [-0.2, -0.15) is 5.10 Å². The third-order valence-electron chi connectivity index (χ3n) is 3.03. The van der Waals surface area contributed by atoms with Crippen LogP contribution in [0.1, 0.15) is 35.9 Å². The lowest BCUT2D eigenvalue weighted by Gasteiger charge is -2.02. The summed E-state index contributed by atoms with van der Waals surface area (Å²) in [6, 6.07) is 6.73. The van der Waals surface area contributed by atoms with E-state index >= 15 is 0 Å². The molecule has 0 aromatic carbocycles. The fourth-order valence-corrected chi connectivity index (χ4v) is 1.98. The molecule has 6 nitrogen and oxygen atoms in total. The van der Waals surface area contributed by atoms with Crippen LogP contribution in [-0.2, 0) is 0 Å². The number of furan rings is 1. The molecule has 0 aliphatic carbocycles. The maximum absolute atomic E-state index is 11.4. The maximum Gasteiger partial charge on any atom is 0.354 e. The monoisotopic (exact) mass is 271 g/mol. The van der Waals surface area contributed by atoms with E-state index in [0.717, 1.165) is 5.69 Å². The maximum atomic E-state index is 11.4. The molecule has 0 fully saturated rings. The van der Waals surface area contributed by atoms with Gasteiger partial charge in [-0.1, -0.05) is 13.8 Å². The summed E-state index contributed by atoms with van der Waals surface area (Å²) in [7, 11) is 0. The van der Waals surface area contributed by atoms with Gasteiger partial charge in [0.05, 0.1) is 12.0 Å². The van der Waals surface area contributed by atoms with Crippen LogP contribution in [-0.4, -0.2) is 25.7 Å². The van der Waals surface area contributed by atoms with Crippen LogP contribution in [0.3, 0.4) is 0 Å². The van der Waals surface area contributed by atoms with Gasteiger partial charge in [0.1, 0.15) is 5.69 Å². The number of aromatic nitrogens is 3. The van der Waals surface area contributed by atoms with Crippen LogP contribution in [0.2, 0.25) is 0 Å². The zero-order valence-corrected chi connectivity index (χ0v) is 11.1. The first-order valence-corrected chi connectivity index (χ1v) is 6.24. The van der Waals surface area contributed by atoms with Crippen molar-refractivity contribution in [1.29, 1.82) is 0 Å². The van der Waals surface area contributed by atoms with Gasteiger partial charge in [0.25, 0.3) is 0 Å². The smallest absolute Gasteiger partial charge is 0.354 e. The van der Waals surface area contributed by atoms with E-state index in [4.69, 9.17) is 4.42 Å². The van der Waals surface area contributed by atoms with Crippen molar-refractivity contribution in [2.45, 2.75) is 19.8 Å². The Morgan fingerprint density at radius 2 is 2.20 bits per heavy atom. The topological polar surface area (TPSA) is 80.6 Å². The van der Waals surface area contributed by atoms with Crippen molar-refractivity contribution >= 4 is 11.6 Å². The van der Waals surface area contributed by atoms with Crippen LogP contribution < -0.4 is 0 Å². The first-order valence-electron chi connectivity index (χ1n) is 6.24. The SMILES string of the molecule is CC(C)c1cc2nc(-c3ccco3)cc(C(=O)O)n2n1. The van der Waals surface area contributed by atoms with Crippen LogP contribution in [0.4, 0.5) is 0 Å². The first kappa shape index (κ1) is 12.4. The number of hydrogen-bond acceptors (Lipinski definition) is 4. The molecule has 20 heavy (non-hydrogen) atoms. The van der Waals surface area contributed by atoms with Gasteiger partial charge in [0.15, 0.2) is 17.1 Å². The molecule has 0 unspecified atom stereocenters. The molecule has 1 N–H and O–H groups in total. The highest BCUT2D eigenvalue weighted by molar-refractivity contribution is 5.87. The minimum absolute atomic E-state index is 0.0632. The Morgan fingerprint density at radius 1 is 1.40 bits per heavy atom. The van der Waals surface area contributed by atoms with Gasteiger partial charge in [-0.3, -0.25) is 0 Å². The number of fused-ring (bicyclic) bond motifs is 1. The molecule has 3 aromatic heterocycles. The summed E-state index contributed by atoms with van der Waals surface area (Å²) < 4.78 is 6.62. The van der Waals surface area contributed by atoms with E-state index in [1.54, 1.807) is 18.2 Å². The van der Waals surface area contributed by atoms with Crippen molar-refractivity contribution in [1.82, 2.24) is 14.6 Å². The second-order valence-electron chi connectivity index (χ2n) is 4.80. The third kappa shape index (κ3) is 1.95. The lowest BCUT2D eigenvalue weighted by atomic mass is 10.1. The van der Waals surface area contributed by atoms with E-state index in [9.17, 15) is 9.90 Å². The Labute approximate surface area is 114 Å². The number of nitrogens with zero attached hydrogens (tertiary/aromatic N) is 3. The lowest BCUT2D eigenvalue weighted by molar-refractivity contribution is 0.0687. The van der Waals surface area contributed by atoms with Crippen molar-refractivity contribution in [3.63, 3.8) is 0 Å². The van der Waals surface area contributed by atoms with Crippen LogP contribution >= 0.6 is 0 Å². The summed E-state index contributed by atoms with van der Waals surface area (Å²) in [6.07, 6.45) is 1.53. The summed E-state index contributed by atoms with van der Waals surface area (Å²) in [5.41, 5.74) is 1.85. The molecule has 0 bridgehead atoms. The molecule has 0 atom stereocenters. The number of carboxylic acid groups (broad SMARTS) is 1. The average Bonchev–Trinajstić information content (AvgIpc) is 3.06. The second-order valence-corrected chi connectivity index (χ2v) is 4.80. The predicted octanol–water partition coefficient (Wildman–Crippen LogP) is 2.81. The van der Waals surface area contributed by atoms with E-state index in [-0.39, 0.29) is 11.6 Å². The van der Waals surface area contributed by atoms with Gasteiger partial charge in [0, 0.05) is 12.1 Å². The Kier molecular flexibility index (Phi) is 2.78. The molecule has 3 rings (SSSR count). The Morgan fingerprint density at radius 3 is 2.80 bits per heavy atom. The van der Waals surface area contributed by atoms with Crippen molar-refractivity contribution in [2.24, 2.45) is 0 Å².